The highest BCUT2D eigenvalue weighted by molar-refractivity contribution is 7.89. The third-order valence-electron chi connectivity index (χ3n) is 4.65. The molecular formula is C20H31N5O3S. The number of aliphatic imine (C=N–C) groups is 1. The van der Waals surface area contributed by atoms with Crippen molar-refractivity contribution in [1.82, 2.24) is 20.5 Å². The Morgan fingerprint density at radius 3 is 2.59 bits per heavy atom. The van der Waals surface area contributed by atoms with Crippen LogP contribution in [0.4, 0.5) is 0 Å². The summed E-state index contributed by atoms with van der Waals surface area (Å²) in [5.74, 6) is 1.78. The number of aromatic nitrogens is 1. The Morgan fingerprint density at radius 2 is 1.93 bits per heavy atom. The Morgan fingerprint density at radius 1 is 1.17 bits per heavy atom. The molecule has 0 atom stereocenters. The summed E-state index contributed by atoms with van der Waals surface area (Å²) in [5.41, 5.74) is 1.78. The first-order valence-electron chi connectivity index (χ1n) is 9.93. The van der Waals surface area contributed by atoms with Crippen LogP contribution >= 0.6 is 0 Å². The molecule has 0 saturated heterocycles. The van der Waals surface area contributed by atoms with Gasteiger partial charge in [0.1, 0.15) is 0 Å². The topological polar surface area (TPSA) is 109 Å². The highest BCUT2D eigenvalue weighted by Crippen LogP contribution is 2.22. The fraction of sp³-hybridized carbons (Fsp3) is 0.500. The Labute approximate surface area is 173 Å². The van der Waals surface area contributed by atoms with Crippen LogP contribution in [0.5, 0.6) is 0 Å². The molecule has 29 heavy (non-hydrogen) atoms. The van der Waals surface area contributed by atoms with Crippen molar-refractivity contribution in [2.24, 2.45) is 4.99 Å². The molecule has 2 rings (SSSR count). The van der Waals surface area contributed by atoms with Crippen LogP contribution in [-0.2, 0) is 23.1 Å². The molecule has 1 heterocycles. The van der Waals surface area contributed by atoms with E-state index < -0.39 is 10.0 Å². The van der Waals surface area contributed by atoms with Gasteiger partial charge in [-0.1, -0.05) is 31.1 Å². The molecule has 0 amide bonds. The van der Waals surface area contributed by atoms with Gasteiger partial charge in [0.25, 0.3) is 0 Å². The summed E-state index contributed by atoms with van der Waals surface area (Å²) in [5, 5.41) is 10.6. The second-order valence-corrected chi connectivity index (χ2v) is 8.52. The van der Waals surface area contributed by atoms with E-state index in [2.05, 4.69) is 39.4 Å². The normalized spacial score (nSPS) is 12.4. The first-order chi connectivity index (χ1) is 13.9. The van der Waals surface area contributed by atoms with Crippen LogP contribution < -0.4 is 15.4 Å². The van der Waals surface area contributed by atoms with Crippen LogP contribution in [0.3, 0.4) is 0 Å². The summed E-state index contributed by atoms with van der Waals surface area (Å²) in [6.45, 7) is 7.79. The summed E-state index contributed by atoms with van der Waals surface area (Å²) in [4.78, 5) is 4.76. The molecule has 1 aromatic heterocycles. The van der Waals surface area contributed by atoms with Gasteiger partial charge in [-0.05, 0) is 44.5 Å². The van der Waals surface area contributed by atoms with Crippen LogP contribution in [0, 0.1) is 0 Å². The van der Waals surface area contributed by atoms with Crippen molar-refractivity contribution in [1.29, 1.82) is 0 Å². The Balaban J connectivity index is 2.04. The summed E-state index contributed by atoms with van der Waals surface area (Å²) in [6, 6.07) is 8.73. The minimum atomic E-state index is -3.47. The van der Waals surface area contributed by atoms with Crippen LogP contribution in [0.15, 0.2) is 44.7 Å². The number of rotatable bonds is 10. The second kappa shape index (κ2) is 11.0. The van der Waals surface area contributed by atoms with Gasteiger partial charge in [0.05, 0.1) is 23.7 Å². The number of nitrogens with one attached hydrogen (secondary N) is 3. The maximum Gasteiger partial charge on any atom is 0.240 e. The molecule has 0 radical (unpaired) electrons. The average Bonchev–Trinajstić information content (AvgIpc) is 3.20. The summed E-state index contributed by atoms with van der Waals surface area (Å²) < 4.78 is 31.7. The number of sulfonamides is 1. The van der Waals surface area contributed by atoms with E-state index in [9.17, 15) is 8.42 Å². The fourth-order valence-corrected chi connectivity index (χ4v) is 3.72. The monoisotopic (exact) mass is 421 g/mol. The summed E-state index contributed by atoms with van der Waals surface area (Å²) >= 11 is 0. The van der Waals surface area contributed by atoms with Gasteiger partial charge in [0.2, 0.25) is 10.0 Å². The highest BCUT2D eigenvalue weighted by atomic mass is 32.2. The fourth-order valence-electron chi connectivity index (χ4n) is 2.92. The molecule has 9 heteroatoms. The van der Waals surface area contributed by atoms with Gasteiger partial charge >= 0.3 is 0 Å². The van der Waals surface area contributed by atoms with Crippen molar-refractivity contribution < 1.29 is 12.9 Å². The molecule has 0 aliphatic heterocycles. The van der Waals surface area contributed by atoms with E-state index in [1.54, 1.807) is 18.2 Å². The van der Waals surface area contributed by atoms with E-state index in [1.165, 1.54) is 7.05 Å². The third kappa shape index (κ3) is 6.57. The highest BCUT2D eigenvalue weighted by Gasteiger charge is 2.13. The van der Waals surface area contributed by atoms with Gasteiger partial charge in [-0.25, -0.2) is 18.1 Å². The second-order valence-electron chi connectivity index (χ2n) is 6.64. The van der Waals surface area contributed by atoms with Crippen molar-refractivity contribution in [3.8, 4) is 0 Å². The van der Waals surface area contributed by atoms with Crippen LogP contribution in [-0.4, -0.2) is 33.1 Å². The Bertz CT molecular complexity index is 904. The molecule has 0 fully saturated rings. The van der Waals surface area contributed by atoms with Gasteiger partial charge in [-0.2, -0.15) is 0 Å². The zero-order valence-electron chi connectivity index (χ0n) is 17.5. The van der Waals surface area contributed by atoms with Crippen molar-refractivity contribution in [2.75, 3.05) is 13.6 Å². The maximum atomic E-state index is 12.0. The largest absolute Gasteiger partial charge is 0.359 e. The van der Waals surface area contributed by atoms with Crippen LogP contribution in [0.25, 0.3) is 0 Å². The van der Waals surface area contributed by atoms with Crippen molar-refractivity contribution >= 4 is 16.0 Å². The maximum absolute atomic E-state index is 12.0. The van der Waals surface area contributed by atoms with Crippen LogP contribution in [0.2, 0.25) is 0 Å². The molecule has 0 aliphatic carbocycles. The first kappa shape index (κ1) is 22.9. The molecular weight excluding hydrogens is 390 g/mol. The quantitative estimate of drug-likeness (QED) is 0.402. The molecule has 0 aliphatic rings. The van der Waals surface area contributed by atoms with E-state index in [4.69, 9.17) is 4.52 Å². The summed E-state index contributed by atoms with van der Waals surface area (Å²) in [7, 11) is -2.08. The SMILES string of the molecule is CCNC(=NCc1cccc(S(=O)(=O)NC)c1)NCc1cc(C(CC)CC)no1. The minimum Gasteiger partial charge on any atom is -0.359 e. The van der Waals surface area contributed by atoms with E-state index in [0.29, 0.717) is 31.5 Å². The predicted molar refractivity (Wildman–Crippen MR) is 114 cm³/mol. The molecule has 160 valence electrons. The first-order valence-corrected chi connectivity index (χ1v) is 11.4. The van der Waals surface area contributed by atoms with Crippen molar-refractivity contribution in [2.45, 2.75) is 57.5 Å². The number of benzene rings is 1. The molecule has 0 bridgehead atoms. The van der Waals surface area contributed by atoms with Crippen molar-refractivity contribution in [3.05, 3.63) is 47.3 Å². The van der Waals surface area contributed by atoms with E-state index in [-0.39, 0.29) is 4.90 Å². The standard InChI is InChI=1S/C20H31N5O3S/c1-5-16(6-2)19-12-17(28-25-19)14-24-20(22-7-3)23-13-15-9-8-10-18(11-15)29(26,27)21-4/h8-12,16,21H,5-7,13-14H2,1-4H3,(H2,22,23,24). The number of hydrogen-bond donors (Lipinski definition) is 3. The lowest BCUT2D eigenvalue weighted by Crippen LogP contribution is -2.36. The molecule has 0 unspecified atom stereocenters. The van der Waals surface area contributed by atoms with Gasteiger partial charge in [-0.3, -0.25) is 0 Å². The lowest BCUT2D eigenvalue weighted by atomic mass is 9.99. The smallest absolute Gasteiger partial charge is 0.240 e. The van der Waals surface area contributed by atoms with E-state index >= 15 is 0 Å². The molecule has 2 aromatic rings. The molecule has 0 saturated carbocycles. The van der Waals surface area contributed by atoms with Gasteiger partial charge < -0.3 is 15.2 Å². The van der Waals surface area contributed by atoms with Gasteiger partial charge in [0, 0.05) is 18.5 Å². The van der Waals surface area contributed by atoms with Crippen molar-refractivity contribution in [3.63, 3.8) is 0 Å². The average molecular weight is 422 g/mol. The number of nitrogens with zero attached hydrogens (tertiary/aromatic N) is 2. The summed E-state index contributed by atoms with van der Waals surface area (Å²) in [6.07, 6.45) is 2.06. The molecule has 3 N–H and O–H groups in total. The van der Waals surface area contributed by atoms with E-state index in [1.807, 2.05) is 19.1 Å². The van der Waals surface area contributed by atoms with E-state index in [0.717, 1.165) is 29.9 Å². The molecule has 0 spiro atoms. The van der Waals surface area contributed by atoms with Gasteiger partial charge in [0.15, 0.2) is 11.7 Å². The molecule has 8 nitrogen and oxygen atoms in total. The zero-order valence-corrected chi connectivity index (χ0v) is 18.3. The van der Waals surface area contributed by atoms with Gasteiger partial charge in [-0.15, -0.1) is 0 Å². The number of guanidine groups is 1. The lowest BCUT2D eigenvalue weighted by molar-refractivity contribution is 0.368. The van der Waals surface area contributed by atoms with Crippen LogP contribution in [0.1, 0.15) is 56.5 Å². The molecule has 1 aromatic carbocycles. The number of hydrogen-bond acceptors (Lipinski definition) is 5. The Kier molecular flexibility index (Phi) is 8.66. The zero-order chi connectivity index (χ0) is 21.3. The third-order valence-corrected chi connectivity index (χ3v) is 6.06. The minimum absolute atomic E-state index is 0.223. The lowest BCUT2D eigenvalue weighted by Gasteiger charge is -2.10. The predicted octanol–water partition coefficient (Wildman–Crippen LogP) is 2.74. The Hall–Kier alpha value is -2.39.